The summed E-state index contributed by atoms with van der Waals surface area (Å²) in [6.07, 6.45) is 0.755. The number of hydrogen-bond donors (Lipinski definition) is 0. The van der Waals surface area contributed by atoms with E-state index in [-0.39, 0.29) is 5.38 Å². The third kappa shape index (κ3) is 3.45. The smallest absolute Gasteiger partial charge is 0.123 e. The Kier molecular flexibility index (Phi) is 4.91. The van der Waals surface area contributed by atoms with E-state index in [1.54, 1.807) is 14.2 Å². The molecule has 0 aliphatic heterocycles. The van der Waals surface area contributed by atoms with E-state index >= 15 is 0 Å². The Balaban J connectivity index is 2.18. The van der Waals surface area contributed by atoms with Crippen molar-refractivity contribution < 1.29 is 9.47 Å². The highest BCUT2D eigenvalue weighted by Crippen LogP contribution is 2.33. The normalized spacial score (nSPS) is 12.0. The Morgan fingerprint density at radius 1 is 1.00 bits per heavy atom. The monoisotopic (exact) mass is 290 g/mol. The van der Waals surface area contributed by atoms with Gasteiger partial charge in [-0.15, -0.1) is 11.6 Å². The van der Waals surface area contributed by atoms with Crippen molar-refractivity contribution in [2.24, 2.45) is 0 Å². The van der Waals surface area contributed by atoms with E-state index in [1.807, 2.05) is 36.4 Å². The fourth-order valence-corrected chi connectivity index (χ4v) is 2.53. The van der Waals surface area contributed by atoms with E-state index in [0.29, 0.717) is 0 Å². The standard InChI is InChI=1S/C17H19ClO2/c1-12-4-9-17(20-3)15(10-12)16(18)11-13-5-7-14(19-2)8-6-13/h4-10,16H,11H2,1-3H3. The first kappa shape index (κ1) is 14.7. The number of alkyl halides is 1. The summed E-state index contributed by atoms with van der Waals surface area (Å²) in [5, 5.41) is -0.113. The Morgan fingerprint density at radius 2 is 1.70 bits per heavy atom. The molecule has 0 heterocycles. The van der Waals surface area contributed by atoms with E-state index in [0.717, 1.165) is 23.5 Å². The molecule has 106 valence electrons. The van der Waals surface area contributed by atoms with Crippen LogP contribution in [0.4, 0.5) is 0 Å². The third-order valence-electron chi connectivity index (χ3n) is 3.30. The fraction of sp³-hybridized carbons (Fsp3) is 0.294. The van der Waals surface area contributed by atoms with Crippen molar-refractivity contribution in [3.8, 4) is 11.5 Å². The van der Waals surface area contributed by atoms with Crippen LogP contribution in [0.25, 0.3) is 0 Å². The molecule has 0 aliphatic carbocycles. The lowest BCUT2D eigenvalue weighted by molar-refractivity contribution is 0.409. The van der Waals surface area contributed by atoms with Crippen molar-refractivity contribution >= 4 is 11.6 Å². The van der Waals surface area contributed by atoms with Crippen molar-refractivity contribution in [3.05, 3.63) is 59.2 Å². The van der Waals surface area contributed by atoms with Gasteiger partial charge in [-0.1, -0.05) is 29.8 Å². The molecule has 0 aromatic heterocycles. The molecular weight excluding hydrogens is 272 g/mol. The van der Waals surface area contributed by atoms with E-state index in [4.69, 9.17) is 21.1 Å². The van der Waals surface area contributed by atoms with Gasteiger partial charge in [0.15, 0.2) is 0 Å². The van der Waals surface area contributed by atoms with Gasteiger partial charge < -0.3 is 9.47 Å². The van der Waals surface area contributed by atoms with Crippen LogP contribution in [0.5, 0.6) is 11.5 Å². The fourth-order valence-electron chi connectivity index (χ4n) is 2.18. The van der Waals surface area contributed by atoms with Crippen LogP contribution in [0, 0.1) is 6.92 Å². The quantitative estimate of drug-likeness (QED) is 0.753. The predicted octanol–water partition coefficient (Wildman–Crippen LogP) is 4.53. The van der Waals surface area contributed by atoms with Crippen molar-refractivity contribution in [2.75, 3.05) is 14.2 Å². The molecule has 2 aromatic rings. The summed E-state index contributed by atoms with van der Waals surface area (Å²) in [4.78, 5) is 0. The zero-order valence-electron chi connectivity index (χ0n) is 12.0. The van der Waals surface area contributed by atoms with E-state index in [9.17, 15) is 0 Å². The van der Waals surface area contributed by atoms with Gasteiger partial charge in [0.2, 0.25) is 0 Å². The van der Waals surface area contributed by atoms with Gasteiger partial charge in [-0.2, -0.15) is 0 Å². The number of rotatable bonds is 5. The van der Waals surface area contributed by atoms with E-state index in [1.165, 1.54) is 11.1 Å². The Hall–Kier alpha value is -1.67. The largest absolute Gasteiger partial charge is 0.497 e. The number of ether oxygens (including phenoxy) is 2. The summed E-state index contributed by atoms with van der Waals surface area (Å²) in [6, 6.07) is 14.1. The van der Waals surface area contributed by atoms with Crippen molar-refractivity contribution in [2.45, 2.75) is 18.7 Å². The maximum Gasteiger partial charge on any atom is 0.123 e. The number of halogens is 1. The molecule has 3 heteroatoms. The van der Waals surface area contributed by atoms with E-state index in [2.05, 4.69) is 13.0 Å². The van der Waals surface area contributed by atoms with Crippen molar-refractivity contribution in [3.63, 3.8) is 0 Å². The van der Waals surface area contributed by atoms with Gasteiger partial charge in [0.25, 0.3) is 0 Å². The highest BCUT2D eigenvalue weighted by atomic mass is 35.5. The lowest BCUT2D eigenvalue weighted by Gasteiger charge is -2.15. The third-order valence-corrected chi connectivity index (χ3v) is 3.69. The second-order valence-corrected chi connectivity index (χ2v) is 5.29. The topological polar surface area (TPSA) is 18.5 Å². The second kappa shape index (κ2) is 6.67. The zero-order valence-corrected chi connectivity index (χ0v) is 12.8. The van der Waals surface area contributed by atoms with Crippen LogP contribution in [0.2, 0.25) is 0 Å². The van der Waals surface area contributed by atoms with E-state index < -0.39 is 0 Å². The van der Waals surface area contributed by atoms with Crippen LogP contribution >= 0.6 is 11.6 Å². The van der Waals surface area contributed by atoms with Crippen LogP contribution in [-0.2, 0) is 6.42 Å². The molecule has 20 heavy (non-hydrogen) atoms. The molecule has 0 N–H and O–H groups in total. The first-order chi connectivity index (χ1) is 9.63. The van der Waals surface area contributed by atoms with Crippen LogP contribution in [0.15, 0.2) is 42.5 Å². The second-order valence-electron chi connectivity index (χ2n) is 4.77. The molecular formula is C17H19ClO2. The van der Waals surface area contributed by atoms with Crippen molar-refractivity contribution in [1.29, 1.82) is 0 Å². The van der Waals surface area contributed by atoms with Crippen LogP contribution in [0.3, 0.4) is 0 Å². The van der Waals surface area contributed by atoms with Gasteiger partial charge in [-0.25, -0.2) is 0 Å². The molecule has 1 atom stereocenters. The summed E-state index contributed by atoms with van der Waals surface area (Å²) < 4.78 is 10.5. The van der Waals surface area contributed by atoms with Crippen molar-refractivity contribution in [1.82, 2.24) is 0 Å². The Labute approximate surface area is 125 Å². The minimum absolute atomic E-state index is 0.113. The van der Waals surface area contributed by atoms with Gasteiger partial charge in [0.1, 0.15) is 11.5 Å². The van der Waals surface area contributed by atoms with Crippen LogP contribution in [0.1, 0.15) is 22.1 Å². The summed E-state index contributed by atoms with van der Waals surface area (Å²) >= 11 is 6.56. The molecule has 0 saturated heterocycles. The highest BCUT2D eigenvalue weighted by molar-refractivity contribution is 6.21. The molecule has 0 radical (unpaired) electrons. The Bertz CT molecular complexity index is 564. The number of methoxy groups -OCH3 is 2. The zero-order chi connectivity index (χ0) is 14.5. The van der Waals surface area contributed by atoms with Gasteiger partial charge >= 0.3 is 0 Å². The molecule has 0 bridgehead atoms. The minimum atomic E-state index is -0.113. The predicted molar refractivity (Wildman–Crippen MR) is 83.0 cm³/mol. The minimum Gasteiger partial charge on any atom is -0.497 e. The summed E-state index contributed by atoms with van der Waals surface area (Å²) in [7, 11) is 3.34. The Morgan fingerprint density at radius 3 is 2.30 bits per heavy atom. The molecule has 0 fully saturated rings. The van der Waals surface area contributed by atoms with Gasteiger partial charge in [-0.05, 0) is 37.1 Å². The summed E-state index contributed by atoms with van der Waals surface area (Å²) in [6.45, 7) is 2.06. The number of hydrogen-bond acceptors (Lipinski definition) is 2. The molecule has 2 nitrogen and oxygen atoms in total. The van der Waals surface area contributed by atoms with Crippen LogP contribution < -0.4 is 9.47 Å². The molecule has 0 spiro atoms. The highest BCUT2D eigenvalue weighted by Gasteiger charge is 2.14. The number of benzene rings is 2. The molecule has 0 aliphatic rings. The molecule has 2 rings (SSSR count). The maximum absolute atomic E-state index is 6.56. The average molecular weight is 291 g/mol. The lowest BCUT2D eigenvalue weighted by Crippen LogP contribution is -2.00. The molecule has 1 unspecified atom stereocenters. The van der Waals surface area contributed by atoms with Gasteiger partial charge in [0.05, 0.1) is 19.6 Å². The van der Waals surface area contributed by atoms with Crippen LogP contribution in [-0.4, -0.2) is 14.2 Å². The summed E-state index contributed by atoms with van der Waals surface area (Å²) in [5.74, 6) is 1.69. The maximum atomic E-state index is 6.56. The molecule has 0 saturated carbocycles. The SMILES string of the molecule is COc1ccc(CC(Cl)c2cc(C)ccc2OC)cc1. The average Bonchev–Trinajstić information content (AvgIpc) is 2.48. The molecule has 2 aromatic carbocycles. The first-order valence-corrected chi connectivity index (χ1v) is 6.99. The first-order valence-electron chi connectivity index (χ1n) is 6.55. The van der Waals surface area contributed by atoms with Gasteiger partial charge in [0, 0.05) is 5.56 Å². The summed E-state index contributed by atoms with van der Waals surface area (Å²) in [5.41, 5.74) is 3.39. The molecule has 0 amide bonds. The number of aryl methyl sites for hydroxylation is 1. The van der Waals surface area contributed by atoms with Gasteiger partial charge in [-0.3, -0.25) is 0 Å². The lowest BCUT2D eigenvalue weighted by atomic mass is 10.0.